The number of allylic oxidation sites excluding steroid dienone is 1. The van der Waals surface area contributed by atoms with Crippen molar-refractivity contribution in [2.45, 2.75) is 55.1 Å². The van der Waals surface area contributed by atoms with Crippen molar-refractivity contribution in [3.63, 3.8) is 0 Å². The number of piperazine rings is 1. The van der Waals surface area contributed by atoms with Crippen molar-refractivity contribution in [3.8, 4) is 0 Å². The van der Waals surface area contributed by atoms with E-state index in [1.165, 1.54) is 11.9 Å². The van der Waals surface area contributed by atoms with E-state index in [1.54, 1.807) is 18.8 Å². The number of aliphatic hydroxyl groups excluding tert-OH is 1. The molecule has 0 spiro atoms. The van der Waals surface area contributed by atoms with Gasteiger partial charge in [-0.05, 0) is 42.7 Å². The van der Waals surface area contributed by atoms with Gasteiger partial charge in [-0.3, -0.25) is 14.4 Å². The average Bonchev–Trinajstić information content (AvgIpc) is 3.04. The van der Waals surface area contributed by atoms with Crippen molar-refractivity contribution < 1.29 is 32.7 Å². The number of Topliss-reactive ketones (excluding diaryl/α,β-unsaturated/α-hetero) is 2. The van der Waals surface area contributed by atoms with E-state index in [1.807, 2.05) is 42.5 Å². The van der Waals surface area contributed by atoms with Crippen molar-refractivity contribution in [1.82, 2.24) is 9.80 Å². The minimum atomic E-state index is -4.74. The lowest BCUT2D eigenvalue weighted by Crippen LogP contribution is -2.60. The van der Waals surface area contributed by atoms with Gasteiger partial charge in [-0.25, -0.2) is 0 Å². The number of likely N-dealkylation sites (N-methyl/N-ethyl adjacent to an activating group) is 1. The van der Waals surface area contributed by atoms with Crippen LogP contribution in [0.15, 0.2) is 58.8 Å². The summed E-state index contributed by atoms with van der Waals surface area (Å²) in [5, 5.41) is 14.1. The molecule has 39 heavy (non-hydrogen) atoms. The second-order valence-corrected chi connectivity index (χ2v) is 10.8. The van der Waals surface area contributed by atoms with E-state index < -0.39 is 59.5 Å². The molecule has 2 N–H and O–H groups in total. The molecular weight excluding hydrogens is 531 g/mol. The van der Waals surface area contributed by atoms with Gasteiger partial charge in [-0.2, -0.15) is 13.2 Å². The predicted octanol–water partition coefficient (Wildman–Crippen LogP) is 4.88. The van der Waals surface area contributed by atoms with Crippen LogP contribution < -0.4 is 5.32 Å². The number of anilines is 1. The fourth-order valence-corrected chi connectivity index (χ4v) is 6.41. The lowest BCUT2D eigenvalue weighted by molar-refractivity contribution is -0.189. The first-order valence-corrected chi connectivity index (χ1v) is 13.4. The Morgan fingerprint density at radius 2 is 1.87 bits per heavy atom. The third-order valence-corrected chi connectivity index (χ3v) is 8.47. The third-order valence-electron chi connectivity index (χ3n) is 7.34. The van der Waals surface area contributed by atoms with Crippen molar-refractivity contribution in [3.05, 3.63) is 70.6 Å². The molecule has 3 atom stereocenters. The second-order valence-electron chi connectivity index (χ2n) is 9.79. The van der Waals surface area contributed by atoms with Gasteiger partial charge in [0.25, 0.3) is 5.91 Å². The largest absolute Gasteiger partial charge is 0.503 e. The summed E-state index contributed by atoms with van der Waals surface area (Å²) in [5.74, 6) is -3.60. The van der Waals surface area contributed by atoms with Gasteiger partial charge in [0.05, 0.1) is 12.5 Å². The van der Waals surface area contributed by atoms with Crippen molar-refractivity contribution >= 4 is 34.9 Å². The fraction of sp³-hybridized carbons (Fsp3) is 0.393. The molecule has 0 radical (unpaired) electrons. The summed E-state index contributed by atoms with van der Waals surface area (Å²) in [6.45, 7) is 1.73. The van der Waals surface area contributed by atoms with Crippen LogP contribution in [0.4, 0.5) is 18.9 Å². The Bertz CT molecular complexity index is 1340. The zero-order valence-corrected chi connectivity index (χ0v) is 22.8. The number of carbonyl (C=O) groups is 3. The van der Waals surface area contributed by atoms with Crippen LogP contribution in [0, 0.1) is 0 Å². The van der Waals surface area contributed by atoms with Gasteiger partial charge in [0, 0.05) is 42.9 Å². The number of nitrogens with zero attached hydrogens (tertiary/aromatic N) is 2. The van der Waals surface area contributed by atoms with Crippen LogP contribution in [0.25, 0.3) is 0 Å². The standard InChI is InChI=1S/C28H30F3N3O4S/c1-15(35)12-21(36)26(37)25-27(38)34(16(2)28(29,30)31)13-20(33(25)4)24-18-9-5-6-11-22(18)39-14-17-8-7-10-19(32-3)23(17)24/h5-11,16,20,24,32,37H,12-14H2,1-4H3/b26-25+/t16-,20?,24+/m1/s1. The first-order valence-electron chi connectivity index (χ1n) is 12.4. The van der Waals surface area contributed by atoms with Gasteiger partial charge in [0.2, 0.25) is 5.78 Å². The maximum atomic E-state index is 14.0. The number of nitrogens with one attached hydrogen (secondary N) is 1. The van der Waals surface area contributed by atoms with E-state index in [9.17, 15) is 32.7 Å². The first-order chi connectivity index (χ1) is 18.4. The Kier molecular flexibility index (Phi) is 8.02. The molecule has 0 bridgehead atoms. The SMILES string of the molecule is CNc1cccc2c1[C@H](C1CN([C@H](C)C(F)(F)F)C(=O)/C(=C(\O)C(=O)CC(C)=O)N1C)c1ccccc1SC2. The maximum Gasteiger partial charge on any atom is 0.408 e. The van der Waals surface area contributed by atoms with E-state index in [4.69, 9.17) is 0 Å². The predicted molar refractivity (Wildman–Crippen MR) is 143 cm³/mol. The quantitative estimate of drug-likeness (QED) is 0.295. The summed E-state index contributed by atoms with van der Waals surface area (Å²) in [7, 11) is 3.26. The topological polar surface area (TPSA) is 90.0 Å². The molecule has 0 aliphatic carbocycles. The molecule has 11 heteroatoms. The summed E-state index contributed by atoms with van der Waals surface area (Å²) < 4.78 is 41.9. The summed E-state index contributed by atoms with van der Waals surface area (Å²) in [4.78, 5) is 40.8. The Labute approximate surface area is 229 Å². The van der Waals surface area contributed by atoms with Crippen molar-refractivity contribution in [2.24, 2.45) is 0 Å². The normalized spacial score (nSPS) is 21.5. The van der Waals surface area contributed by atoms with Crippen LogP contribution in [0.2, 0.25) is 0 Å². The van der Waals surface area contributed by atoms with Crippen LogP contribution in [-0.2, 0) is 20.1 Å². The highest BCUT2D eigenvalue weighted by Gasteiger charge is 2.50. The number of halogens is 3. The fourth-order valence-electron chi connectivity index (χ4n) is 5.31. The number of aliphatic hydroxyl groups is 1. The number of carbonyl (C=O) groups excluding carboxylic acids is 3. The third kappa shape index (κ3) is 5.36. The molecule has 0 aromatic heterocycles. The van der Waals surface area contributed by atoms with E-state index in [2.05, 4.69) is 5.32 Å². The zero-order chi connectivity index (χ0) is 28.6. The molecule has 2 aliphatic rings. The van der Waals surface area contributed by atoms with E-state index in [-0.39, 0.29) is 6.54 Å². The lowest BCUT2D eigenvalue weighted by atomic mass is 9.79. The summed E-state index contributed by atoms with van der Waals surface area (Å²) in [6.07, 6.45) is -5.42. The molecule has 208 valence electrons. The van der Waals surface area contributed by atoms with Crippen LogP contribution in [0.3, 0.4) is 0 Å². The number of amides is 1. The van der Waals surface area contributed by atoms with Gasteiger partial charge >= 0.3 is 6.18 Å². The lowest BCUT2D eigenvalue weighted by Gasteiger charge is -2.47. The average molecular weight is 562 g/mol. The van der Waals surface area contributed by atoms with Gasteiger partial charge < -0.3 is 20.2 Å². The number of thioether (sulfide) groups is 1. The second kappa shape index (κ2) is 11.0. The van der Waals surface area contributed by atoms with E-state index >= 15 is 0 Å². The highest BCUT2D eigenvalue weighted by molar-refractivity contribution is 7.98. The number of hydrogen-bond acceptors (Lipinski definition) is 7. The van der Waals surface area contributed by atoms with Crippen LogP contribution in [0.5, 0.6) is 0 Å². The molecule has 2 aliphatic heterocycles. The van der Waals surface area contributed by atoms with Crippen LogP contribution >= 0.6 is 11.8 Å². The van der Waals surface area contributed by atoms with Gasteiger partial charge in [-0.1, -0.05) is 30.3 Å². The number of alkyl halides is 3. The Balaban J connectivity index is 1.97. The molecule has 1 amide bonds. The molecule has 1 saturated heterocycles. The number of hydrogen-bond donors (Lipinski definition) is 2. The number of fused-ring (bicyclic) bond motifs is 2. The molecule has 1 fully saturated rings. The van der Waals surface area contributed by atoms with Gasteiger partial charge in [0.1, 0.15) is 17.5 Å². The number of benzene rings is 2. The van der Waals surface area contributed by atoms with Crippen LogP contribution in [-0.4, -0.2) is 71.3 Å². The molecule has 0 saturated carbocycles. The summed E-state index contributed by atoms with van der Waals surface area (Å²) >= 11 is 1.61. The molecule has 2 heterocycles. The van der Waals surface area contributed by atoms with Gasteiger partial charge in [-0.15, -0.1) is 11.8 Å². The minimum Gasteiger partial charge on any atom is -0.503 e. The molecule has 2 aromatic rings. The van der Waals surface area contributed by atoms with Gasteiger partial charge in [0.15, 0.2) is 5.76 Å². The van der Waals surface area contributed by atoms with Crippen molar-refractivity contribution in [2.75, 3.05) is 26.0 Å². The highest BCUT2D eigenvalue weighted by Crippen LogP contribution is 2.47. The molecular formula is C28H30F3N3O4S. The Hall–Kier alpha value is -3.47. The summed E-state index contributed by atoms with van der Waals surface area (Å²) in [5.41, 5.74) is 2.96. The number of ketones is 2. The smallest absolute Gasteiger partial charge is 0.408 e. The Morgan fingerprint density at radius 3 is 2.51 bits per heavy atom. The van der Waals surface area contributed by atoms with E-state index in [0.29, 0.717) is 10.7 Å². The van der Waals surface area contributed by atoms with E-state index in [0.717, 1.165) is 41.1 Å². The zero-order valence-electron chi connectivity index (χ0n) is 22.0. The maximum absolute atomic E-state index is 14.0. The highest BCUT2D eigenvalue weighted by atomic mass is 32.2. The van der Waals surface area contributed by atoms with Crippen LogP contribution in [0.1, 0.15) is 42.9 Å². The summed E-state index contributed by atoms with van der Waals surface area (Å²) in [6, 6.07) is 10.4. The van der Waals surface area contributed by atoms with Crippen molar-refractivity contribution in [1.29, 1.82) is 0 Å². The molecule has 7 nitrogen and oxygen atoms in total. The monoisotopic (exact) mass is 561 g/mol. The Morgan fingerprint density at radius 1 is 1.18 bits per heavy atom. The molecule has 4 rings (SSSR count). The molecule has 1 unspecified atom stereocenters. The molecule has 2 aromatic carbocycles. The first kappa shape index (κ1) is 28.5. The minimum absolute atomic E-state index is 0.311. The number of rotatable bonds is 6.